The first-order chi connectivity index (χ1) is 12.3. The van der Waals surface area contributed by atoms with Crippen molar-refractivity contribution < 1.29 is 29.4 Å². The highest BCUT2D eigenvalue weighted by atomic mass is 16.4. The van der Waals surface area contributed by atoms with E-state index < -0.39 is 23.8 Å². The van der Waals surface area contributed by atoms with Gasteiger partial charge in [0, 0.05) is 25.7 Å². The Morgan fingerprint density at radius 1 is 0.962 bits per heavy atom. The zero-order valence-electron chi connectivity index (χ0n) is 13.9. The summed E-state index contributed by atoms with van der Waals surface area (Å²) in [5, 5.41) is 23.8. The molecular weight excluding hydrogens is 342 g/mol. The average Bonchev–Trinajstić information content (AvgIpc) is 2.60. The van der Waals surface area contributed by atoms with Gasteiger partial charge in [0.1, 0.15) is 0 Å². The number of nitrogens with one attached hydrogen (secondary N) is 2. The van der Waals surface area contributed by atoms with Gasteiger partial charge >= 0.3 is 11.9 Å². The molecule has 0 bridgehead atoms. The lowest BCUT2D eigenvalue weighted by molar-refractivity contribution is -0.117. The molecule has 9 heteroatoms. The van der Waals surface area contributed by atoms with Crippen molar-refractivity contribution in [2.75, 3.05) is 13.1 Å². The number of carboxylic acid groups (broad SMARTS) is 2. The van der Waals surface area contributed by atoms with Crippen LogP contribution >= 0.6 is 0 Å². The van der Waals surface area contributed by atoms with E-state index >= 15 is 0 Å². The number of aromatic carboxylic acids is 2. The molecule has 1 rings (SSSR count). The van der Waals surface area contributed by atoms with Gasteiger partial charge in [-0.15, -0.1) is 0 Å². The number of carboxylic acids is 2. The van der Waals surface area contributed by atoms with E-state index in [2.05, 4.69) is 28.8 Å². The van der Waals surface area contributed by atoms with E-state index in [1.165, 1.54) is 0 Å². The third kappa shape index (κ3) is 5.55. The minimum absolute atomic E-state index is 0.0165. The molecule has 0 aromatic carbocycles. The van der Waals surface area contributed by atoms with E-state index in [4.69, 9.17) is 0 Å². The maximum atomic E-state index is 11.7. The fourth-order valence-corrected chi connectivity index (χ4v) is 2.24. The molecule has 0 atom stereocenters. The topological polar surface area (TPSA) is 146 Å². The van der Waals surface area contributed by atoms with Gasteiger partial charge in [0.15, 0.2) is 0 Å². The Kier molecular flexibility index (Phi) is 7.68. The van der Waals surface area contributed by atoms with Crippen LogP contribution in [0.15, 0.2) is 31.5 Å². The first kappa shape index (κ1) is 20.6. The first-order valence-electron chi connectivity index (χ1n) is 7.59. The lowest BCUT2D eigenvalue weighted by atomic mass is 9.96. The van der Waals surface area contributed by atoms with Gasteiger partial charge in [0.05, 0.1) is 16.8 Å². The molecule has 26 heavy (non-hydrogen) atoms. The Morgan fingerprint density at radius 3 is 1.96 bits per heavy atom. The van der Waals surface area contributed by atoms with Crippen LogP contribution in [-0.2, 0) is 22.4 Å². The van der Waals surface area contributed by atoms with E-state index in [1.54, 1.807) is 0 Å². The second kappa shape index (κ2) is 9.72. The van der Waals surface area contributed by atoms with Crippen LogP contribution in [0.25, 0.3) is 0 Å². The number of aromatic nitrogens is 1. The molecule has 138 valence electrons. The van der Waals surface area contributed by atoms with Gasteiger partial charge in [-0.2, -0.15) is 0 Å². The summed E-state index contributed by atoms with van der Waals surface area (Å²) in [7, 11) is 0. The van der Waals surface area contributed by atoms with Crippen LogP contribution in [-0.4, -0.2) is 52.0 Å². The van der Waals surface area contributed by atoms with Gasteiger partial charge in [0.25, 0.3) is 0 Å². The maximum absolute atomic E-state index is 11.7. The molecule has 0 radical (unpaired) electrons. The van der Waals surface area contributed by atoms with Gasteiger partial charge in [-0.3, -0.25) is 14.6 Å². The quantitative estimate of drug-likeness (QED) is 0.434. The van der Waals surface area contributed by atoms with Gasteiger partial charge in [-0.25, -0.2) is 9.59 Å². The summed E-state index contributed by atoms with van der Waals surface area (Å²) in [6, 6.07) is 0. The summed E-state index contributed by atoms with van der Waals surface area (Å²) in [5.74, 6) is -3.54. The van der Waals surface area contributed by atoms with E-state index in [9.17, 15) is 29.4 Å². The molecule has 0 saturated carbocycles. The molecule has 0 aliphatic carbocycles. The molecule has 9 nitrogen and oxygen atoms in total. The molecule has 0 aliphatic rings. The second-order valence-corrected chi connectivity index (χ2v) is 5.07. The number of carbonyl (C=O) groups excluding carboxylic acids is 2. The standard InChI is InChI=1S/C17H19N3O6/c1-3-13(21)18-7-5-10-11(16(23)24)9-20-12(15(10)17(25)26)6-8-19-14(22)4-2/h3-4,9H,1-2,5-8H2,(H,18,21)(H,19,22)(H,23,24)(H,25,26). The third-order valence-electron chi connectivity index (χ3n) is 3.42. The summed E-state index contributed by atoms with van der Waals surface area (Å²) in [6.07, 6.45) is 3.28. The van der Waals surface area contributed by atoms with Crippen molar-refractivity contribution in [3.05, 3.63) is 53.9 Å². The fourth-order valence-electron chi connectivity index (χ4n) is 2.24. The monoisotopic (exact) mass is 361 g/mol. The van der Waals surface area contributed by atoms with Crippen molar-refractivity contribution in [2.24, 2.45) is 0 Å². The average molecular weight is 361 g/mol. The zero-order valence-corrected chi connectivity index (χ0v) is 13.9. The van der Waals surface area contributed by atoms with Crippen LogP contribution in [0.2, 0.25) is 0 Å². The smallest absolute Gasteiger partial charge is 0.337 e. The molecule has 2 amide bonds. The van der Waals surface area contributed by atoms with Crippen molar-refractivity contribution in [3.8, 4) is 0 Å². The fraction of sp³-hybridized carbons (Fsp3) is 0.235. The number of pyridine rings is 1. The predicted octanol–water partition coefficient (Wildman–Crippen LogP) is 0.167. The van der Waals surface area contributed by atoms with Crippen molar-refractivity contribution in [1.29, 1.82) is 0 Å². The summed E-state index contributed by atoms with van der Waals surface area (Å²) in [6.45, 7) is 6.74. The minimum atomic E-state index is -1.34. The van der Waals surface area contributed by atoms with Crippen LogP contribution < -0.4 is 10.6 Å². The number of hydrogen-bond acceptors (Lipinski definition) is 5. The highest BCUT2D eigenvalue weighted by Crippen LogP contribution is 2.19. The van der Waals surface area contributed by atoms with E-state index in [0.29, 0.717) is 0 Å². The molecule has 0 fully saturated rings. The first-order valence-corrected chi connectivity index (χ1v) is 7.59. The molecule has 4 N–H and O–H groups in total. The lowest BCUT2D eigenvalue weighted by Gasteiger charge is -2.14. The van der Waals surface area contributed by atoms with Crippen LogP contribution in [0.3, 0.4) is 0 Å². The Hall–Kier alpha value is -3.49. The van der Waals surface area contributed by atoms with Crippen molar-refractivity contribution >= 4 is 23.8 Å². The Balaban J connectivity index is 3.17. The molecule has 0 aliphatic heterocycles. The molecule has 1 aromatic heterocycles. The highest BCUT2D eigenvalue weighted by molar-refractivity contribution is 5.97. The van der Waals surface area contributed by atoms with Crippen molar-refractivity contribution in [2.45, 2.75) is 12.8 Å². The van der Waals surface area contributed by atoms with E-state index in [1.807, 2.05) is 0 Å². The van der Waals surface area contributed by atoms with Crippen LogP contribution in [0, 0.1) is 0 Å². The SMILES string of the molecule is C=CC(=O)NCCc1ncc(C(=O)O)c(CCNC(=O)C=C)c1C(=O)O. The largest absolute Gasteiger partial charge is 0.478 e. The highest BCUT2D eigenvalue weighted by Gasteiger charge is 2.23. The predicted molar refractivity (Wildman–Crippen MR) is 92.0 cm³/mol. The van der Waals surface area contributed by atoms with Gasteiger partial charge in [0.2, 0.25) is 11.8 Å². The number of carbonyl (C=O) groups is 4. The van der Waals surface area contributed by atoms with E-state index in [0.717, 1.165) is 18.3 Å². The van der Waals surface area contributed by atoms with Gasteiger partial charge < -0.3 is 20.8 Å². The number of amides is 2. The van der Waals surface area contributed by atoms with Gasteiger partial charge in [-0.1, -0.05) is 13.2 Å². The van der Waals surface area contributed by atoms with Gasteiger partial charge in [-0.05, 0) is 24.1 Å². The van der Waals surface area contributed by atoms with Crippen molar-refractivity contribution in [1.82, 2.24) is 15.6 Å². The van der Waals surface area contributed by atoms with Crippen LogP contribution in [0.5, 0.6) is 0 Å². The number of rotatable bonds is 10. The summed E-state index contributed by atoms with van der Waals surface area (Å²) in [4.78, 5) is 49.4. The molecule has 1 aromatic rings. The zero-order chi connectivity index (χ0) is 19.7. The molecular formula is C17H19N3O6. The molecule has 0 saturated heterocycles. The summed E-state index contributed by atoms with van der Waals surface area (Å²) >= 11 is 0. The number of hydrogen-bond donors (Lipinski definition) is 4. The summed E-state index contributed by atoms with van der Waals surface area (Å²) < 4.78 is 0. The molecule has 0 spiro atoms. The molecule has 1 heterocycles. The number of nitrogens with zero attached hydrogens (tertiary/aromatic N) is 1. The van der Waals surface area contributed by atoms with Crippen molar-refractivity contribution in [3.63, 3.8) is 0 Å². The normalized spacial score (nSPS) is 9.85. The van der Waals surface area contributed by atoms with E-state index in [-0.39, 0.29) is 48.3 Å². The van der Waals surface area contributed by atoms with Crippen LogP contribution in [0.1, 0.15) is 32.0 Å². The minimum Gasteiger partial charge on any atom is -0.478 e. The lowest BCUT2D eigenvalue weighted by Crippen LogP contribution is -2.27. The second-order valence-electron chi connectivity index (χ2n) is 5.07. The Bertz CT molecular complexity index is 757. The van der Waals surface area contributed by atoms with Crippen LogP contribution in [0.4, 0.5) is 0 Å². The Morgan fingerprint density at radius 2 is 1.50 bits per heavy atom. The maximum Gasteiger partial charge on any atom is 0.337 e. The third-order valence-corrected chi connectivity index (χ3v) is 3.42. The summed E-state index contributed by atoms with van der Waals surface area (Å²) in [5.41, 5.74) is -0.314. The Labute approximate surface area is 149 Å². The molecule has 0 unspecified atom stereocenters.